The van der Waals surface area contributed by atoms with E-state index in [4.69, 9.17) is 19.4 Å². The third-order valence-electron chi connectivity index (χ3n) is 12.1. The quantitative estimate of drug-likeness (QED) is 0.175. The van der Waals surface area contributed by atoms with Crippen LogP contribution in [0.5, 0.6) is 23.0 Å². The van der Waals surface area contributed by atoms with E-state index in [9.17, 15) is 0 Å². The van der Waals surface area contributed by atoms with E-state index >= 15 is 0 Å². The van der Waals surface area contributed by atoms with Gasteiger partial charge in [0, 0.05) is 16.5 Å². The summed E-state index contributed by atoms with van der Waals surface area (Å²) in [6, 6.07) is 72.6. The van der Waals surface area contributed by atoms with E-state index in [-0.39, 0.29) is 0 Å². The number of hydrogen-bond donors (Lipinski definition) is 0. The highest BCUT2D eigenvalue weighted by molar-refractivity contribution is 5.98. The zero-order valence-corrected chi connectivity index (χ0v) is 31.8. The molecule has 9 aromatic carbocycles. The summed E-state index contributed by atoms with van der Waals surface area (Å²) in [5, 5.41) is 3.49. The van der Waals surface area contributed by atoms with Gasteiger partial charge in [0.15, 0.2) is 28.8 Å². The van der Waals surface area contributed by atoms with Gasteiger partial charge in [-0.2, -0.15) is 0 Å². The highest BCUT2D eigenvalue weighted by atomic mass is 16.6. The van der Waals surface area contributed by atoms with Crippen LogP contribution in [-0.4, -0.2) is 9.97 Å². The fourth-order valence-corrected chi connectivity index (χ4v) is 9.36. The number of rotatable bonds is 5. The molecule has 59 heavy (non-hydrogen) atoms. The number of hydrogen-bond acceptors (Lipinski definition) is 4. The maximum absolute atomic E-state index is 6.50. The number of ether oxygens (including phenoxy) is 2. The van der Waals surface area contributed by atoms with Crippen molar-refractivity contribution in [2.75, 3.05) is 0 Å². The molecule has 0 amide bonds. The first-order valence-corrected chi connectivity index (χ1v) is 20.0. The van der Waals surface area contributed by atoms with Gasteiger partial charge in [-0.15, -0.1) is 0 Å². The van der Waals surface area contributed by atoms with E-state index < -0.39 is 5.41 Å². The number of fused-ring (bicyclic) bond motifs is 7. The molecule has 0 saturated carbocycles. The zero-order chi connectivity index (χ0) is 38.9. The molecule has 0 atom stereocenters. The van der Waals surface area contributed by atoms with Crippen LogP contribution in [0.1, 0.15) is 22.3 Å². The van der Waals surface area contributed by atoms with Gasteiger partial charge < -0.3 is 9.47 Å². The Balaban J connectivity index is 0.981. The molecule has 1 aliphatic heterocycles. The van der Waals surface area contributed by atoms with E-state index in [1.165, 1.54) is 44.2 Å². The summed E-state index contributed by atoms with van der Waals surface area (Å²) in [7, 11) is 0. The number of benzene rings is 9. The third kappa shape index (κ3) is 5.16. The van der Waals surface area contributed by atoms with Crippen molar-refractivity contribution in [3.05, 3.63) is 229 Å². The summed E-state index contributed by atoms with van der Waals surface area (Å²) in [6.45, 7) is 0. The fraction of sp³-hybridized carbons (Fsp3) is 0.0182. The van der Waals surface area contributed by atoms with Gasteiger partial charge in [0.1, 0.15) is 0 Å². The van der Waals surface area contributed by atoms with Crippen molar-refractivity contribution in [3.8, 4) is 67.9 Å². The lowest BCUT2D eigenvalue weighted by Crippen LogP contribution is -2.28. The topological polar surface area (TPSA) is 44.2 Å². The zero-order valence-electron chi connectivity index (χ0n) is 31.8. The monoisotopic (exact) mass is 754 g/mol. The Morgan fingerprint density at radius 3 is 1.66 bits per heavy atom. The van der Waals surface area contributed by atoms with Crippen LogP contribution in [0.3, 0.4) is 0 Å². The van der Waals surface area contributed by atoms with E-state index in [0.717, 1.165) is 38.9 Å². The molecule has 0 saturated heterocycles. The highest BCUT2D eigenvalue weighted by Crippen LogP contribution is 2.58. The van der Waals surface area contributed by atoms with Crippen LogP contribution in [0.15, 0.2) is 206 Å². The lowest BCUT2D eigenvalue weighted by Gasteiger charge is -2.34. The van der Waals surface area contributed by atoms with Gasteiger partial charge >= 0.3 is 0 Å². The predicted octanol–water partition coefficient (Wildman–Crippen LogP) is 14.0. The first-order valence-electron chi connectivity index (χ1n) is 20.0. The molecule has 4 nitrogen and oxygen atoms in total. The molecule has 0 bridgehead atoms. The Hall–Kier alpha value is -7.82. The van der Waals surface area contributed by atoms with Crippen LogP contribution in [0, 0.1) is 0 Å². The summed E-state index contributed by atoms with van der Waals surface area (Å²) in [4.78, 5) is 10.4. The molecule has 0 fully saturated rings. The van der Waals surface area contributed by atoms with Crippen LogP contribution in [0.4, 0.5) is 0 Å². The van der Waals surface area contributed by atoms with E-state index in [0.29, 0.717) is 28.8 Å². The van der Waals surface area contributed by atoms with Gasteiger partial charge in [-0.3, -0.25) is 0 Å². The van der Waals surface area contributed by atoms with Crippen molar-refractivity contribution in [3.63, 3.8) is 0 Å². The fourth-order valence-electron chi connectivity index (χ4n) is 9.36. The molecular weight excluding hydrogens is 721 g/mol. The summed E-state index contributed by atoms with van der Waals surface area (Å²) in [5.41, 5.74) is 12.7. The van der Waals surface area contributed by atoms with Gasteiger partial charge in [0.2, 0.25) is 0 Å². The van der Waals surface area contributed by atoms with E-state index in [1.807, 2.05) is 36.4 Å². The molecule has 2 aliphatic rings. The second kappa shape index (κ2) is 13.1. The Morgan fingerprint density at radius 2 is 0.898 bits per heavy atom. The van der Waals surface area contributed by atoms with Crippen molar-refractivity contribution in [1.29, 1.82) is 0 Å². The maximum Gasteiger partial charge on any atom is 0.170 e. The van der Waals surface area contributed by atoms with Gasteiger partial charge in [0.05, 0.1) is 16.6 Å². The Kier molecular flexibility index (Phi) is 7.41. The average molecular weight is 755 g/mol. The van der Waals surface area contributed by atoms with Crippen LogP contribution in [-0.2, 0) is 5.41 Å². The SMILES string of the molecule is c1ccc2c(c1)Oc1ccc(C3(c4ccc(-c5nc(-c6ccc(-c7cccc8ccccc78)cc6)c6ccccc6n5)cc4)c4ccccc4-c4ccccc43)cc1O2. The molecule has 10 aromatic rings. The normalized spacial score (nSPS) is 13.2. The number of para-hydroxylation sites is 3. The Bertz CT molecular complexity index is 3230. The second-order valence-corrected chi connectivity index (χ2v) is 15.2. The average Bonchev–Trinajstić information content (AvgIpc) is 3.61. The van der Waals surface area contributed by atoms with Crippen LogP contribution in [0.2, 0.25) is 0 Å². The first-order chi connectivity index (χ1) is 29.2. The van der Waals surface area contributed by atoms with E-state index in [1.54, 1.807) is 0 Å². The molecule has 4 heteroatoms. The van der Waals surface area contributed by atoms with Crippen LogP contribution < -0.4 is 9.47 Å². The summed E-state index contributed by atoms with van der Waals surface area (Å²) >= 11 is 0. The molecule has 0 radical (unpaired) electrons. The highest BCUT2D eigenvalue weighted by Gasteiger charge is 2.46. The van der Waals surface area contributed by atoms with Gasteiger partial charge in [-0.25, -0.2) is 9.97 Å². The van der Waals surface area contributed by atoms with E-state index in [2.05, 4.69) is 170 Å². The predicted molar refractivity (Wildman–Crippen MR) is 237 cm³/mol. The molecule has 2 heterocycles. The lowest BCUT2D eigenvalue weighted by atomic mass is 9.67. The number of aromatic nitrogens is 2. The molecule has 276 valence electrons. The van der Waals surface area contributed by atoms with Crippen molar-refractivity contribution < 1.29 is 9.47 Å². The Labute approximate surface area is 341 Å². The third-order valence-corrected chi connectivity index (χ3v) is 12.1. The summed E-state index contributed by atoms with van der Waals surface area (Å²) < 4.78 is 12.8. The molecule has 12 rings (SSSR count). The minimum atomic E-state index is -0.623. The van der Waals surface area contributed by atoms with Crippen molar-refractivity contribution >= 4 is 21.7 Å². The molecule has 1 aromatic heterocycles. The van der Waals surface area contributed by atoms with Gasteiger partial charge in [0.25, 0.3) is 0 Å². The largest absolute Gasteiger partial charge is 0.450 e. The van der Waals surface area contributed by atoms with Crippen molar-refractivity contribution in [2.45, 2.75) is 5.41 Å². The Morgan fingerprint density at radius 1 is 0.356 bits per heavy atom. The smallest absolute Gasteiger partial charge is 0.170 e. The lowest BCUT2D eigenvalue weighted by molar-refractivity contribution is 0.359. The maximum atomic E-state index is 6.50. The van der Waals surface area contributed by atoms with Crippen molar-refractivity contribution in [2.24, 2.45) is 0 Å². The summed E-state index contributed by atoms with van der Waals surface area (Å²) in [6.07, 6.45) is 0. The van der Waals surface area contributed by atoms with Crippen LogP contribution >= 0.6 is 0 Å². The van der Waals surface area contributed by atoms with Gasteiger partial charge in [-0.1, -0.05) is 176 Å². The molecule has 0 N–H and O–H groups in total. The minimum absolute atomic E-state index is 0.623. The van der Waals surface area contributed by atoms with Crippen molar-refractivity contribution in [1.82, 2.24) is 9.97 Å². The first kappa shape index (κ1) is 33.3. The molecule has 0 unspecified atom stereocenters. The molecular formula is C55H34N2O2. The standard InChI is InChI=1S/C55H34N2O2/c1-2-14-41-35(12-1)13-11-18-42(41)36-24-26-37(27-25-36)53-45-17-5-8-21-48(45)56-54(57-53)38-28-30-39(31-29-38)55(46-19-6-3-15-43(46)44-16-4-7-20-47(44)55)40-32-33-51-52(34-40)59-50-23-10-9-22-49(50)58-51/h1-34H. The second-order valence-electron chi connectivity index (χ2n) is 15.2. The summed E-state index contributed by atoms with van der Waals surface area (Å²) in [5.74, 6) is 3.50. The molecule has 1 aliphatic carbocycles. The molecule has 0 spiro atoms. The minimum Gasteiger partial charge on any atom is -0.450 e. The van der Waals surface area contributed by atoms with Gasteiger partial charge in [-0.05, 0) is 85.6 Å². The van der Waals surface area contributed by atoms with Crippen LogP contribution in [0.25, 0.3) is 66.6 Å². The number of nitrogens with zero attached hydrogens (tertiary/aromatic N) is 2.